The molecule has 2 rings (SSSR count). The van der Waals surface area contributed by atoms with Crippen LogP contribution in [0.25, 0.3) is 0 Å². The van der Waals surface area contributed by atoms with Gasteiger partial charge in [0.1, 0.15) is 5.75 Å². The van der Waals surface area contributed by atoms with Crippen molar-refractivity contribution in [2.45, 2.75) is 26.5 Å². The minimum atomic E-state index is -0.497. The summed E-state index contributed by atoms with van der Waals surface area (Å²) in [5, 5.41) is 13.4. The van der Waals surface area contributed by atoms with Gasteiger partial charge in [-0.15, -0.1) is 11.3 Å². The van der Waals surface area contributed by atoms with Gasteiger partial charge >= 0.3 is 0 Å². The minimum Gasteiger partial charge on any atom is -0.497 e. The molecule has 3 nitrogen and oxygen atoms in total. The molecule has 4 heteroatoms. The average Bonchev–Trinajstić information content (AvgIpc) is 2.77. The summed E-state index contributed by atoms with van der Waals surface area (Å²) in [6, 6.07) is 9.72. The lowest BCUT2D eigenvalue weighted by Gasteiger charge is -2.12. The van der Waals surface area contributed by atoms with Gasteiger partial charge in [-0.1, -0.05) is 12.1 Å². The summed E-state index contributed by atoms with van der Waals surface area (Å²) in [5.41, 5.74) is 2.24. The Morgan fingerprint density at radius 2 is 1.95 bits per heavy atom. The van der Waals surface area contributed by atoms with Crippen molar-refractivity contribution < 1.29 is 9.84 Å². The number of rotatable bonds is 6. The molecule has 0 spiro atoms. The minimum absolute atomic E-state index is 0.497. The number of methoxy groups -OCH3 is 1. The highest BCUT2D eigenvalue weighted by molar-refractivity contribution is 7.12. The number of hydrogen-bond donors (Lipinski definition) is 2. The number of ether oxygens (including phenoxy) is 1. The number of hydrogen-bond acceptors (Lipinski definition) is 4. The van der Waals surface area contributed by atoms with Crippen LogP contribution in [0.3, 0.4) is 0 Å². The fraction of sp³-hybridized carbons (Fsp3) is 0.375. The first kappa shape index (κ1) is 15.0. The summed E-state index contributed by atoms with van der Waals surface area (Å²) in [5.74, 6) is 0.804. The predicted octanol–water partition coefficient (Wildman–Crippen LogP) is 3.20. The summed E-state index contributed by atoms with van der Waals surface area (Å²) < 4.78 is 5.11. The molecule has 0 fully saturated rings. The highest BCUT2D eigenvalue weighted by atomic mass is 32.1. The van der Waals surface area contributed by atoms with Crippen molar-refractivity contribution in [3.05, 3.63) is 51.2 Å². The molecule has 1 heterocycles. The lowest BCUT2D eigenvalue weighted by Crippen LogP contribution is -2.20. The maximum atomic E-state index is 10.1. The molecule has 2 N–H and O–H groups in total. The molecule has 0 saturated heterocycles. The van der Waals surface area contributed by atoms with E-state index in [0.717, 1.165) is 17.9 Å². The van der Waals surface area contributed by atoms with Gasteiger partial charge in [-0.3, -0.25) is 0 Å². The van der Waals surface area contributed by atoms with Crippen LogP contribution < -0.4 is 10.1 Å². The summed E-state index contributed by atoms with van der Waals surface area (Å²) in [7, 11) is 1.64. The zero-order valence-corrected chi connectivity index (χ0v) is 13.0. The van der Waals surface area contributed by atoms with Gasteiger partial charge in [0.05, 0.1) is 13.2 Å². The zero-order valence-electron chi connectivity index (χ0n) is 12.1. The monoisotopic (exact) mass is 291 g/mol. The van der Waals surface area contributed by atoms with Crippen LogP contribution in [0, 0.1) is 13.8 Å². The van der Waals surface area contributed by atoms with Crippen molar-refractivity contribution >= 4 is 11.3 Å². The van der Waals surface area contributed by atoms with E-state index in [1.165, 1.54) is 15.3 Å². The van der Waals surface area contributed by atoms with Crippen LogP contribution >= 0.6 is 11.3 Å². The number of benzene rings is 1. The molecule has 0 bridgehead atoms. The van der Waals surface area contributed by atoms with Crippen molar-refractivity contribution in [2.24, 2.45) is 0 Å². The maximum absolute atomic E-state index is 10.1. The molecule has 0 aliphatic rings. The molecule has 0 amide bonds. The van der Waals surface area contributed by atoms with Crippen molar-refractivity contribution in [1.82, 2.24) is 5.32 Å². The third-order valence-electron chi connectivity index (χ3n) is 3.35. The normalized spacial score (nSPS) is 12.4. The molecule has 0 aliphatic carbocycles. The fourth-order valence-electron chi connectivity index (χ4n) is 2.01. The van der Waals surface area contributed by atoms with Gasteiger partial charge in [0, 0.05) is 22.8 Å². The molecule has 20 heavy (non-hydrogen) atoms. The van der Waals surface area contributed by atoms with Gasteiger partial charge in [-0.05, 0) is 43.2 Å². The van der Waals surface area contributed by atoms with Crippen LogP contribution in [-0.2, 0) is 6.54 Å². The Bertz CT molecular complexity index is 529. The summed E-state index contributed by atoms with van der Waals surface area (Å²) in [6.45, 7) is 5.60. The van der Waals surface area contributed by atoms with Crippen molar-refractivity contribution in [3.8, 4) is 5.75 Å². The summed E-state index contributed by atoms with van der Waals surface area (Å²) >= 11 is 1.81. The van der Waals surface area contributed by atoms with Gasteiger partial charge in [-0.25, -0.2) is 0 Å². The molecular weight excluding hydrogens is 270 g/mol. The predicted molar refractivity (Wildman–Crippen MR) is 83.5 cm³/mol. The van der Waals surface area contributed by atoms with Gasteiger partial charge in [0.25, 0.3) is 0 Å². The van der Waals surface area contributed by atoms with Gasteiger partial charge in [0.15, 0.2) is 0 Å². The lowest BCUT2D eigenvalue weighted by molar-refractivity contribution is 0.174. The fourth-order valence-corrected chi connectivity index (χ4v) is 3.04. The average molecular weight is 291 g/mol. The largest absolute Gasteiger partial charge is 0.497 e. The Labute approximate surface area is 124 Å². The van der Waals surface area contributed by atoms with E-state index in [0.29, 0.717) is 6.54 Å². The third kappa shape index (κ3) is 3.82. The Morgan fingerprint density at radius 1 is 1.25 bits per heavy atom. The van der Waals surface area contributed by atoms with Crippen molar-refractivity contribution in [1.29, 1.82) is 0 Å². The van der Waals surface area contributed by atoms with Crippen molar-refractivity contribution in [2.75, 3.05) is 13.7 Å². The molecule has 0 aliphatic heterocycles. The van der Waals surface area contributed by atoms with E-state index >= 15 is 0 Å². The van der Waals surface area contributed by atoms with Gasteiger partial charge in [-0.2, -0.15) is 0 Å². The van der Waals surface area contributed by atoms with Crippen LogP contribution in [0.1, 0.15) is 27.0 Å². The second-order valence-corrected chi connectivity index (χ2v) is 6.21. The molecule has 1 aromatic carbocycles. The molecule has 2 aromatic rings. The van der Waals surface area contributed by atoms with Gasteiger partial charge in [0.2, 0.25) is 0 Å². The lowest BCUT2D eigenvalue weighted by atomic mass is 10.1. The second kappa shape index (κ2) is 6.88. The standard InChI is InChI=1S/C16H21NO2S/c1-11-8-15(20-12(11)2)9-17-10-16(18)13-4-6-14(19-3)7-5-13/h4-8,16-18H,9-10H2,1-3H3. The van der Waals surface area contributed by atoms with Crippen LogP contribution in [0.15, 0.2) is 30.3 Å². The SMILES string of the molecule is COc1ccc(C(O)CNCc2cc(C)c(C)s2)cc1. The van der Waals surface area contributed by atoms with Gasteiger partial charge < -0.3 is 15.2 Å². The van der Waals surface area contributed by atoms with Crippen LogP contribution in [0.5, 0.6) is 5.75 Å². The Balaban J connectivity index is 1.83. The topological polar surface area (TPSA) is 41.5 Å². The van der Waals surface area contributed by atoms with E-state index in [1.807, 2.05) is 24.3 Å². The third-order valence-corrected chi connectivity index (χ3v) is 4.51. The van der Waals surface area contributed by atoms with Crippen LogP contribution in [-0.4, -0.2) is 18.8 Å². The summed E-state index contributed by atoms with van der Waals surface area (Å²) in [6.07, 6.45) is -0.497. The smallest absolute Gasteiger partial charge is 0.118 e. The Hall–Kier alpha value is -1.36. The van der Waals surface area contributed by atoms with Crippen LogP contribution in [0.2, 0.25) is 0 Å². The van der Waals surface area contributed by atoms with Crippen LogP contribution in [0.4, 0.5) is 0 Å². The Kier molecular flexibility index (Phi) is 5.17. The molecular formula is C16H21NO2S. The number of nitrogens with one attached hydrogen (secondary N) is 1. The molecule has 108 valence electrons. The number of aliphatic hydroxyl groups excluding tert-OH is 1. The molecule has 0 radical (unpaired) electrons. The van der Waals surface area contributed by atoms with E-state index in [1.54, 1.807) is 18.4 Å². The van der Waals surface area contributed by atoms with E-state index in [2.05, 4.69) is 25.2 Å². The number of aryl methyl sites for hydroxylation is 2. The zero-order chi connectivity index (χ0) is 14.5. The number of aliphatic hydroxyl groups is 1. The number of thiophene rings is 1. The first-order valence-corrected chi connectivity index (χ1v) is 7.50. The quantitative estimate of drug-likeness (QED) is 0.859. The van der Waals surface area contributed by atoms with E-state index in [4.69, 9.17) is 4.74 Å². The van der Waals surface area contributed by atoms with Crippen molar-refractivity contribution in [3.63, 3.8) is 0 Å². The highest BCUT2D eigenvalue weighted by Crippen LogP contribution is 2.21. The molecule has 0 saturated carbocycles. The molecule has 1 unspecified atom stereocenters. The van der Waals surface area contributed by atoms with E-state index in [9.17, 15) is 5.11 Å². The second-order valence-electron chi connectivity index (χ2n) is 4.87. The van der Waals surface area contributed by atoms with E-state index in [-0.39, 0.29) is 0 Å². The molecule has 1 atom stereocenters. The first-order chi connectivity index (χ1) is 9.60. The molecule has 1 aromatic heterocycles. The highest BCUT2D eigenvalue weighted by Gasteiger charge is 2.08. The van der Waals surface area contributed by atoms with E-state index < -0.39 is 6.10 Å². The Morgan fingerprint density at radius 3 is 2.50 bits per heavy atom. The summed E-state index contributed by atoms with van der Waals surface area (Å²) in [4.78, 5) is 2.67. The first-order valence-electron chi connectivity index (χ1n) is 6.69. The maximum Gasteiger partial charge on any atom is 0.118 e.